The second kappa shape index (κ2) is 7.11. The first-order chi connectivity index (χ1) is 10.3. The fourth-order valence-electron chi connectivity index (χ4n) is 1.86. The number of nitrogens with one attached hydrogen (secondary N) is 1. The molecule has 0 saturated carbocycles. The van der Waals surface area contributed by atoms with Crippen molar-refractivity contribution in [3.63, 3.8) is 0 Å². The number of carbonyl (C=O) groups excluding carboxylic acids is 1. The van der Waals surface area contributed by atoms with Gasteiger partial charge in [0.15, 0.2) is 17.5 Å². The summed E-state index contributed by atoms with van der Waals surface area (Å²) >= 11 is 0. The summed E-state index contributed by atoms with van der Waals surface area (Å²) < 4.78 is 23.0. The number of halogens is 1. The molecule has 0 fully saturated rings. The molecule has 0 aromatic heterocycles. The molecule has 0 radical (unpaired) electrons. The molecule has 2 N–H and O–H groups in total. The average Bonchev–Trinajstić information content (AvgIpc) is 2.50. The van der Waals surface area contributed by atoms with Crippen LogP contribution in [0.4, 0.5) is 4.39 Å². The van der Waals surface area contributed by atoms with Crippen molar-refractivity contribution in [2.75, 3.05) is 20.9 Å². The van der Waals surface area contributed by atoms with E-state index in [1.54, 1.807) is 32.0 Å². The first kappa shape index (κ1) is 17.7. The molecular weight excluding hydrogens is 293 g/mol. The van der Waals surface area contributed by atoms with Crippen molar-refractivity contribution in [2.24, 2.45) is 0 Å². The van der Waals surface area contributed by atoms with Gasteiger partial charge in [0.1, 0.15) is 6.67 Å². The summed E-state index contributed by atoms with van der Waals surface area (Å²) in [5.74, 6) is -1.06. The molecule has 1 amide bonds. The molecule has 22 heavy (non-hydrogen) atoms. The summed E-state index contributed by atoms with van der Waals surface area (Å²) in [6, 6.07) is 3.38. The molecule has 1 aromatic carbocycles. The number of hydrogen-bond acceptors (Lipinski definition) is 4. The molecule has 0 bridgehead atoms. The third-order valence-corrected chi connectivity index (χ3v) is 3.43. The molecule has 1 rings (SSSR count). The van der Waals surface area contributed by atoms with E-state index in [2.05, 4.69) is 5.32 Å². The zero-order valence-corrected chi connectivity index (χ0v) is 13.0. The molecule has 122 valence electrons. The highest BCUT2D eigenvalue weighted by Gasteiger charge is 2.33. The molecule has 0 heterocycles. The minimum Gasteiger partial charge on any atom is -0.493 e. The summed E-state index contributed by atoms with van der Waals surface area (Å²) in [4.78, 5) is 23.1. The monoisotopic (exact) mass is 313 g/mol. The Labute approximate surface area is 128 Å². The van der Waals surface area contributed by atoms with Crippen molar-refractivity contribution < 1.29 is 28.6 Å². The zero-order valence-electron chi connectivity index (χ0n) is 13.0. The Morgan fingerprint density at radius 2 is 1.86 bits per heavy atom. The van der Waals surface area contributed by atoms with Gasteiger partial charge in [-0.3, -0.25) is 4.79 Å². The Morgan fingerprint density at radius 3 is 2.32 bits per heavy atom. The van der Waals surface area contributed by atoms with Crippen LogP contribution in [-0.4, -0.2) is 43.9 Å². The number of amides is 1. The molecule has 0 aliphatic rings. The van der Waals surface area contributed by atoms with Crippen LogP contribution >= 0.6 is 0 Å². The standard InChI is InChI=1S/C15H20FNO5/c1-15(2,14(20)17-10(8-16)13(18)19)9-5-6-11(21-3)12(7-9)22-4/h5-7,10H,8H2,1-4H3,(H,17,20)(H,18,19). The van der Waals surface area contributed by atoms with Crippen molar-refractivity contribution in [1.82, 2.24) is 5.32 Å². The first-order valence-electron chi connectivity index (χ1n) is 6.60. The van der Waals surface area contributed by atoms with E-state index in [4.69, 9.17) is 14.6 Å². The van der Waals surface area contributed by atoms with Crippen LogP contribution in [0.3, 0.4) is 0 Å². The van der Waals surface area contributed by atoms with Crippen molar-refractivity contribution in [1.29, 1.82) is 0 Å². The third-order valence-electron chi connectivity index (χ3n) is 3.43. The van der Waals surface area contributed by atoms with Gasteiger partial charge in [-0.05, 0) is 31.5 Å². The van der Waals surface area contributed by atoms with Gasteiger partial charge in [-0.2, -0.15) is 0 Å². The van der Waals surface area contributed by atoms with Crippen molar-refractivity contribution in [3.8, 4) is 11.5 Å². The molecule has 0 spiro atoms. The molecule has 7 heteroatoms. The van der Waals surface area contributed by atoms with E-state index in [1.165, 1.54) is 14.2 Å². The summed E-state index contributed by atoms with van der Waals surface area (Å²) in [5.41, 5.74) is -0.478. The summed E-state index contributed by atoms with van der Waals surface area (Å²) in [7, 11) is 2.96. The van der Waals surface area contributed by atoms with Crippen LogP contribution in [0.25, 0.3) is 0 Å². The maximum Gasteiger partial charge on any atom is 0.328 e. The Balaban J connectivity index is 3.07. The lowest BCUT2D eigenvalue weighted by atomic mass is 9.83. The van der Waals surface area contributed by atoms with Crippen LogP contribution in [0, 0.1) is 0 Å². The SMILES string of the molecule is COc1ccc(C(C)(C)C(=O)NC(CF)C(=O)O)cc1OC. The van der Waals surface area contributed by atoms with Crippen LogP contribution in [0.15, 0.2) is 18.2 Å². The molecule has 0 aliphatic carbocycles. The third kappa shape index (κ3) is 3.66. The average molecular weight is 313 g/mol. The number of ether oxygens (including phenoxy) is 2. The fourth-order valence-corrected chi connectivity index (χ4v) is 1.86. The van der Waals surface area contributed by atoms with Gasteiger partial charge in [0.05, 0.1) is 19.6 Å². The van der Waals surface area contributed by atoms with Gasteiger partial charge >= 0.3 is 5.97 Å². The highest BCUT2D eigenvalue weighted by molar-refractivity contribution is 5.91. The van der Waals surface area contributed by atoms with Gasteiger partial charge in [-0.15, -0.1) is 0 Å². The zero-order chi connectivity index (χ0) is 16.9. The number of carboxylic acids is 1. The van der Waals surface area contributed by atoms with Crippen molar-refractivity contribution in [3.05, 3.63) is 23.8 Å². The highest BCUT2D eigenvalue weighted by Crippen LogP contribution is 2.33. The van der Waals surface area contributed by atoms with E-state index in [-0.39, 0.29) is 0 Å². The smallest absolute Gasteiger partial charge is 0.328 e. The van der Waals surface area contributed by atoms with Gasteiger partial charge in [0.2, 0.25) is 5.91 Å². The molecule has 1 unspecified atom stereocenters. The summed E-state index contributed by atoms with van der Waals surface area (Å²) in [5, 5.41) is 11.0. The Bertz CT molecular complexity index is 559. The van der Waals surface area contributed by atoms with E-state index in [0.717, 1.165) is 0 Å². The highest BCUT2D eigenvalue weighted by atomic mass is 19.1. The van der Waals surface area contributed by atoms with Crippen LogP contribution in [0.5, 0.6) is 11.5 Å². The second-order valence-corrected chi connectivity index (χ2v) is 5.21. The minimum absolute atomic E-state index is 0.446. The van der Waals surface area contributed by atoms with Gasteiger partial charge in [0, 0.05) is 0 Å². The van der Waals surface area contributed by atoms with Crippen LogP contribution in [0.2, 0.25) is 0 Å². The number of methoxy groups -OCH3 is 2. The van der Waals surface area contributed by atoms with Crippen LogP contribution < -0.4 is 14.8 Å². The van der Waals surface area contributed by atoms with Crippen molar-refractivity contribution in [2.45, 2.75) is 25.3 Å². The number of hydrogen-bond donors (Lipinski definition) is 2. The predicted octanol–water partition coefficient (Wildman–Crippen LogP) is 1.52. The van der Waals surface area contributed by atoms with Crippen molar-refractivity contribution >= 4 is 11.9 Å². The molecule has 0 saturated heterocycles. The number of aliphatic carboxylic acids is 1. The quantitative estimate of drug-likeness (QED) is 0.797. The van der Waals surface area contributed by atoms with Gasteiger partial charge in [0.25, 0.3) is 0 Å². The van der Waals surface area contributed by atoms with E-state index < -0.39 is 30.0 Å². The fraction of sp³-hybridized carbons (Fsp3) is 0.467. The lowest BCUT2D eigenvalue weighted by Crippen LogP contribution is -2.49. The topological polar surface area (TPSA) is 84.9 Å². The minimum atomic E-state index is -1.56. The molecule has 1 atom stereocenters. The largest absolute Gasteiger partial charge is 0.493 e. The number of alkyl halides is 1. The van der Waals surface area contributed by atoms with Gasteiger partial charge in [-0.25, -0.2) is 9.18 Å². The molecule has 6 nitrogen and oxygen atoms in total. The predicted molar refractivity (Wildman–Crippen MR) is 78.1 cm³/mol. The van der Waals surface area contributed by atoms with E-state index in [9.17, 15) is 14.0 Å². The Morgan fingerprint density at radius 1 is 1.27 bits per heavy atom. The Hall–Kier alpha value is -2.31. The number of benzene rings is 1. The van der Waals surface area contributed by atoms with E-state index in [0.29, 0.717) is 17.1 Å². The van der Waals surface area contributed by atoms with Gasteiger partial charge < -0.3 is 19.9 Å². The lowest BCUT2D eigenvalue weighted by Gasteiger charge is -2.26. The first-order valence-corrected chi connectivity index (χ1v) is 6.60. The van der Waals surface area contributed by atoms with Gasteiger partial charge in [-0.1, -0.05) is 6.07 Å². The lowest BCUT2D eigenvalue weighted by molar-refractivity contribution is -0.143. The summed E-state index contributed by atoms with van der Waals surface area (Å²) in [6.45, 7) is 2.05. The molecular formula is C15H20FNO5. The molecule has 0 aliphatic heterocycles. The van der Waals surface area contributed by atoms with Crippen LogP contribution in [-0.2, 0) is 15.0 Å². The maximum atomic E-state index is 12.6. The second-order valence-electron chi connectivity index (χ2n) is 5.21. The maximum absolute atomic E-state index is 12.6. The number of carbonyl (C=O) groups is 2. The van der Waals surface area contributed by atoms with E-state index in [1.807, 2.05) is 0 Å². The van der Waals surface area contributed by atoms with Crippen LogP contribution in [0.1, 0.15) is 19.4 Å². The van der Waals surface area contributed by atoms with E-state index >= 15 is 0 Å². The Kier molecular flexibility index (Phi) is 5.73. The molecule has 1 aromatic rings. The summed E-state index contributed by atoms with van der Waals surface area (Å²) in [6.07, 6.45) is 0. The number of rotatable bonds is 7. The normalized spacial score (nSPS) is 12.4. The number of carboxylic acid groups (broad SMARTS) is 1.